The molecule has 3 N–H and O–H groups in total. The average Bonchev–Trinajstić information content (AvgIpc) is 2.67. The van der Waals surface area contributed by atoms with Crippen LogP contribution in [0.4, 0.5) is 0 Å². The molecule has 0 amide bonds. The zero-order valence-electron chi connectivity index (χ0n) is 9.33. The van der Waals surface area contributed by atoms with Gasteiger partial charge in [0.2, 0.25) is 0 Å². The van der Waals surface area contributed by atoms with Gasteiger partial charge in [-0.15, -0.1) is 0 Å². The molecule has 3 nitrogen and oxygen atoms in total. The Morgan fingerprint density at radius 3 is 2.88 bits per heavy atom. The van der Waals surface area contributed by atoms with Crippen molar-refractivity contribution in [2.45, 2.75) is 37.8 Å². The maximum Gasteiger partial charge on any atom is 0.0861 e. The smallest absolute Gasteiger partial charge is 0.0861 e. The average molecular weight is 305 g/mol. The first-order valence-electron chi connectivity index (χ1n) is 5.49. The Morgan fingerprint density at radius 1 is 1.56 bits per heavy atom. The minimum absolute atomic E-state index is 0.0495. The van der Waals surface area contributed by atoms with Crippen LogP contribution in [-0.4, -0.2) is 12.2 Å². The lowest BCUT2D eigenvalue weighted by molar-refractivity contribution is -0.0899. The Morgan fingerprint density at radius 2 is 2.38 bits per heavy atom. The molecule has 0 spiro atoms. The molecule has 0 saturated carbocycles. The molecule has 2 heterocycles. The van der Waals surface area contributed by atoms with Crippen LogP contribution in [0.3, 0.4) is 0 Å². The van der Waals surface area contributed by atoms with Gasteiger partial charge in [0, 0.05) is 16.5 Å². The molecule has 2 atom stereocenters. The molecule has 0 aromatic carbocycles. The van der Waals surface area contributed by atoms with Crippen molar-refractivity contribution >= 4 is 27.3 Å². The quantitative estimate of drug-likeness (QED) is 0.667. The summed E-state index contributed by atoms with van der Waals surface area (Å²) >= 11 is 5.23. The zero-order valence-corrected chi connectivity index (χ0v) is 11.7. The molecule has 2 unspecified atom stereocenters. The van der Waals surface area contributed by atoms with Crippen LogP contribution in [0.15, 0.2) is 15.2 Å². The molecule has 2 rings (SSSR count). The van der Waals surface area contributed by atoms with Gasteiger partial charge in [-0.2, -0.15) is 11.3 Å². The molecule has 0 bridgehead atoms. The summed E-state index contributed by atoms with van der Waals surface area (Å²) in [5.74, 6) is 5.70. The number of hydrogen-bond donors (Lipinski definition) is 2. The van der Waals surface area contributed by atoms with E-state index in [-0.39, 0.29) is 11.6 Å². The van der Waals surface area contributed by atoms with Crippen LogP contribution < -0.4 is 11.3 Å². The van der Waals surface area contributed by atoms with Crippen LogP contribution in [0.2, 0.25) is 0 Å². The summed E-state index contributed by atoms with van der Waals surface area (Å²) in [5.41, 5.74) is 3.90. The fourth-order valence-electron chi connectivity index (χ4n) is 2.28. The second kappa shape index (κ2) is 5.14. The summed E-state index contributed by atoms with van der Waals surface area (Å²) in [5, 5.41) is 4.20. The topological polar surface area (TPSA) is 47.3 Å². The van der Waals surface area contributed by atoms with Gasteiger partial charge in [-0.25, -0.2) is 0 Å². The summed E-state index contributed by atoms with van der Waals surface area (Å²) in [4.78, 5) is 0. The van der Waals surface area contributed by atoms with Crippen molar-refractivity contribution in [1.29, 1.82) is 0 Å². The maximum atomic E-state index is 5.94. The van der Waals surface area contributed by atoms with E-state index in [9.17, 15) is 0 Å². The van der Waals surface area contributed by atoms with E-state index in [2.05, 4.69) is 39.0 Å². The number of ether oxygens (including phenoxy) is 1. The second-order valence-electron chi connectivity index (χ2n) is 4.39. The van der Waals surface area contributed by atoms with E-state index in [0.29, 0.717) is 0 Å². The van der Waals surface area contributed by atoms with Crippen LogP contribution in [-0.2, 0) is 4.74 Å². The first kappa shape index (κ1) is 12.5. The number of nitrogens with one attached hydrogen (secondary N) is 1. The van der Waals surface area contributed by atoms with Gasteiger partial charge in [0.15, 0.2) is 0 Å². The van der Waals surface area contributed by atoms with Gasteiger partial charge in [0.1, 0.15) is 0 Å². The minimum atomic E-state index is -0.198. The van der Waals surface area contributed by atoms with Crippen LogP contribution in [0.1, 0.15) is 37.8 Å². The van der Waals surface area contributed by atoms with Crippen molar-refractivity contribution in [3.8, 4) is 0 Å². The molecule has 1 aromatic rings. The van der Waals surface area contributed by atoms with Gasteiger partial charge in [-0.05, 0) is 53.1 Å². The predicted octanol–water partition coefficient (Wildman–Crippen LogP) is 2.97. The molecule has 0 radical (unpaired) electrons. The molecular weight excluding hydrogens is 288 g/mol. The minimum Gasteiger partial charge on any atom is -0.373 e. The van der Waals surface area contributed by atoms with Crippen molar-refractivity contribution in [3.63, 3.8) is 0 Å². The van der Waals surface area contributed by atoms with Crippen LogP contribution >= 0.6 is 27.3 Å². The van der Waals surface area contributed by atoms with E-state index in [0.717, 1.165) is 23.9 Å². The molecule has 0 aliphatic carbocycles. The monoisotopic (exact) mass is 304 g/mol. The summed E-state index contributed by atoms with van der Waals surface area (Å²) in [7, 11) is 0. The SMILES string of the molecule is CC1(C(NN)c2cscc2Br)CCCCO1. The highest BCUT2D eigenvalue weighted by atomic mass is 79.9. The van der Waals surface area contributed by atoms with Crippen LogP contribution in [0, 0.1) is 0 Å². The number of halogens is 1. The molecule has 1 aliphatic heterocycles. The third kappa shape index (κ3) is 2.33. The molecule has 1 saturated heterocycles. The number of rotatable bonds is 3. The fraction of sp³-hybridized carbons (Fsp3) is 0.636. The lowest BCUT2D eigenvalue weighted by Gasteiger charge is -2.40. The third-order valence-corrected chi connectivity index (χ3v) is 4.98. The first-order chi connectivity index (χ1) is 7.67. The van der Waals surface area contributed by atoms with E-state index in [1.54, 1.807) is 11.3 Å². The Bertz CT molecular complexity index is 350. The standard InChI is InChI=1S/C11H17BrN2OS/c1-11(4-2-3-5-15-11)10(14-13)8-6-16-7-9(8)12/h6-7,10,14H,2-5,13H2,1H3. The zero-order chi connectivity index (χ0) is 11.6. The van der Waals surface area contributed by atoms with Gasteiger partial charge in [0.05, 0.1) is 11.6 Å². The first-order valence-corrected chi connectivity index (χ1v) is 7.22. The Labute approximate surface area is 108 Å². The van der Waals surface area contributed by atoms with E-state index < -0.39 is 0 Å². The van der Waals surface area contributed by atoms with Crippen molar-refractivity contribution in [1.82, 2.24) is 5.43 Å². The van der Waals surface area contributed by atoms with Crippen molar-refractivity contribution in [3.05, 3.63) is 20.8 Å². The molecule has 16 heavy (non-hydrogen) atoms. The van der Waals surface area contributed by atoms with Gasteiger partial charge in [-0.3, -0.25) is 11.3 Å². The Kier molecular flexibility index (Phi) is 4.02. The van der Waals surface area contributed by atoms with Crippen LogP contribution in [0.25, 0.3) is 0 Å². The number of hydrazine groups is 1. The van der Waals surface area contributed by atoms with Crippen LogP contribution in [0.5, 0.6) is 0 Å². The highest BCUT2D eigenvalue weighted by Crippen LogP contribution is 2.39. The molecule has 5 heteroatoms. The van der Waals surface area contributed by atoms with Gasteiger partial charge < -0.3 is 4.74 Å². The van der Waals surface area contributed by atoms with E-state index in [1.807, 2.05) is 0 Å². The van der Waals surface area contributed by atoms with Gasteiger partial charge >= 0.3 is 0 Å². The summed E-state index contributed by atoms with van der Waals surface area (Å²) in [6, 6.07) is 0.0495. The maximum absolute atomic E-state index is 5.94. The summed E-state index contributed by atoms with van der Waals surface area (Å²) in [6.45, 7) is 2.97. The molecule has 90 valence electrons. The normalized spacial score (nSPS) is 27.9. The molecule has 1 fully saturated rings. The van der Waals surface area contributed by atoms with Crippen molar-refractivity contribution in [2.75, 3.05) is 6.61 Å². The fourth-order valence-corrected chi connectivity index (χ4v) is 3.83. The Hall–Kier alpha value is 0.0600. The number of thiophene rings is 1. The number of hydrogen-bond acceptors (Lipinski definition) is 4. The Balaban J connectivity index is 2.24. The lowest BCUT2D eigenvalue weighted by atomic mass is 9.85. The second-order valence-corrected chi connectivity index (χ2v) is 5.99. The largest absolute Gasteiger partial charge is 0.373 e. The summed E-state index contributed by atoms with van der Waals surface area (Å²) < 4.78 is 7.05. The molecule has 1 aromatic heterocycles. The highest BCUT2D eigenvalue weighted by Gasteiger charge is 2.38. The predicted molar refractivity (Wildman–Crippen MR) is 70.3 cm³/mol. The van der Waals surface area contributed by atoms with Crippen molar-refractivity contribution < 1.29 is 4.74 Å². The van der Waals surface area contributed by atoms with E-state index >= 15 is 0 Å². The van der Waals surface area contributed by atoms with E-state index in [4.69, 9.17) is 10.6 Å². The molecule has 1 aliphatic rings. The van der Waals surface area contributed by atoms with E-state index in [1.165, 1.54) is 12.0 Å². The van der Waals surface area contributed by atoms with Crippen molar-refractivity contribution in [2.24, 2.45) is 5.84 Å². The van der Waals surface area contributed by atoms with Gasteiger partial charge in [-0.1, -0.05) is 0 Å². The van der Waals surface area contributed by atoms with Gasteiger partial charge in [0.25, 0.3) is 0 Å². The number of nitrogens with two attached hydrogens (primary N) is 1. The highest BCUT2D eigenvalue weighted by molar-refractivity contribution is 9.10. The third-order valence-electron chi connectivity index (χ3n) is 3.23. The molecular formula is C11H17BrN2OS. The summed E-state index contributed by atoms with van der Waals surface area (Å²) in [6.07, 6.45) is 3.40. The lowest BCUT2D eigenvalue weighted by Crippen LogP contribution is -2.48.